The predicted molar refractivity (Wildman–Crippen MR) is 224 cm³/mol. The molecular formula is C46H86O10. The number of allylic oxidation sites excluding steroid dienone is 2. The first kappa shape index (κ1) is 52.5. The van der Waals surface area contributed by atoms with E-state index in [0.717, 1.165) is 38.5 Å². The molecule has 0 saturated carbocycles. The summed E-state index contributed by atoms with van der Waals surface area (Å²) < 4.78 is 22.2. The van der Waals surface area contributed by atoms with Crippen molar-refractivity contribution in [2.24, 2.45) is 0 Å². The fourth-order valence-electron chi connectivity index (χ4n) is 7.18. The maximum absolute atomic E-state index is 12.8. The van der Waals surface area contributed by atoms with E-state index in [4.69, 9.17) is 18.9 Å². The summed E-state index contributed by atoms with van der Waals surface area (Å²) in [7, 11) is 0. The maximum atomic E-state index is 12.8. The lowest BCUT2D eigenvalue weighted by atomic mass is 9.99. The summed E-state index contributed by atoms with van der Waals surface area (Å²) in [6.07, 6.45) is 32.2. The molecule has 1 aliphatic heterocycles. The zero-order valence-electron chi connectivity index (χ0n) is 35.9. The van der Waals surface area contributed by atoms with Crippen molar-refractivity contribution in [3.8, 4) is 0 Å². The van der Waals surface area contributed by atoms with E-state index in [0.29, 0.717) is 6.42 Å². The number of carbonyl (C=O) groups is 2. The number of ether oxygens (including phenoxy) is 4. The van der Waals surface area contributed by atoms with E-state index in [9.17, 15) is 30.0 Å². The van der Waals surface area contributed by atoms with Crippen LogP contribution in [0.5, 0.6) is 0 Å². The lowest BCUT2D eigenvalue weighted by molar-refractivity contribution is -0.305. The molecule has 10 heteroatoms. The molecule has 0 amide bonds. The van der Waals surface area contributed by atoms with Crippen LogP contribution in [0.4, 0.5) is 0 Å². The van der Waals surface area contributed by atoms with Gasteiger partial charge in [-0.25, -0.2) is 0 Å². The molecule has 1 rings (SSSR count). The number of hydrogen-bond acceptors (Lipinski definition) is 10. The molecular weight excluding hydrogens is 712 g/mol. The van der Waals surface area contributed by atoms with Crippen molar-refractivity contribution in [2.75, 3.05) is 19.8 Å². The number of unbranched alkanes of at least 4 members (excludes halogenated alkanes) is 26. The minimum Gasteiger partial charge on any atom is -0.462 e. The predicted octanol–water partition coefficient (Wildman–Crippen LogP) is 9.95. The maximum Gasteiger partial charge on any atom is 0.306 e. The van der Waals surface area contributed by atoms with Gasteiger partial charge in [-0.1, -0.05) is 174 Å². The molecule has 1 heterocycles. The van der Waals surface area contributed by atoms with Gasteiger partial charge in [0.05, 0.1) is 13.2 Å². The van der Waals surface area contributed by atoms with E-state index in [-0.39, 0.29) is 32.0 Å². The van der Waals surface area contributed by atoms with Crippen LogP contribution >= 0.6 is 0 Å². The normalized spacial score (nSPS) is 20.4. The van der Waals surface area contributed by atoms with Gasteiger partial charge in [-0.3, -0.25) is 9.59 Å². The lowest BCUT2D eigenvalue weighted by Gasteiger charge is -2.39. The first-order valence-corrected chi connectivity index (χ1v) is 23.3. The van der Waals surface area contributed by atoms with Gasteiger partial charge >= 0.3 is 11.9 Å². The Labute approximate surface area is 341 Å². The Morgan fingerprint density at radius 3 is 1.39 bits per heavy atom. The number of esters is 2. The fourth-order valence-corrected chi connectivity index (χ4v) is 7.18. The molecule has 6 atom stereocenters. The quantitative estimate of drug-likeness (QED) is 0.0269. The summed E-state index contributed by atoms with van der Waals surface area (Å²) in [6, 6.07) is 0. The van der Waals surface area contributed by atoms with Gasteiger partial charge in [0.2, 0.25) is 0 Å². The van der Waals surface area contributed by atoms with E-state index >= 15 is 0 Å². The van der Waals surface area contributed by atoms with Gasteiger partial charge in [0, 0.05) is 12.8 Å². The van der Waals surface area contributed by atoms with E-state index < -0.39 is 49.4 Å². The van der Waals surface area contributed by atoms with Gasteiger partial charge in [-0.05, 0) is 38.5 Å². The van der Waals surface area contributed by atoms with Crippen molar-refractivity contribution in [3.05, 3.63) is 12.2 Å². The Bertz CT molecular complexity index is 928. The Morgan fingerprint density at radius 2 is 0.946 bits per heavy atom. The second-order valence-electron chi connectivity index (χ2n) is 16.2. The number of hydrogen-bond donors (Lipinski definition) is 4. The van der Waals surface area contributed by atoms with E-state index in [1.54, 1.807) is 0 Å². The molecule has 0 aromatic carbocycles. The largest absolute Gasteiger partial charge is 0.462 e. The topological polar surface area (TPSA) is 152 Å². The van der Waals surface area contributed by atoms with Crippen molar-refractivity contribution in [1.29, 1.82) is 0 Å². The molecule has 1 saturated heterocycles. The molecule has 1 aliphatic rings. The standard InChI is InChI=1S/C46H86O10/c1-3-5-7-9-11-13-15-17-18-19-20-21-22-23-25-27-29-31-33-35-42(49)55-39(38-54-46-45(52)44(51)43(50)40(36-47)56-46)37-53-41(48)34-32-30-28-26-24-16-14-12-10-8-6-4-2/h17-18,39-40,43-47,50-52H,3-16,19-38H2,1-2H3/b18-17+/t39-,40-,43+,44?,45?,46-/m1/s1. The molecule has 0 aliphatic carbocycles. The molecule has 0 radical (unpaired) electrons. The molecule has 0 aromatic heterocycles. The second-order valence-corrected chi connectivity index (χ2v) is 16.2. The molecule has 56 heavy (non-hydrogen) atoms. The third-order valence-corrected chi connectivity index (χ3v) is 10.9. The number of carbonyl (C=O) groups excluding carboxylic acids is 2. The Balaban J connectivity index is 2.29. The zero-order valence-corrected chi connectivity index (χ0v) is 35.9. The van der Waals surface area contributed by atoms with Crippen molar-refractivity contribution >= 4 is 11.9 Å². The zero-order chi connectivity index (χ0) is 40.9. The van der Waals surface area contributed by atoms with E-state index in [2.05, 4.69) is 26.0 Å². The van der Waals surface area contributed by atoms with Crippen LogP contribution in [0.1, 0.15) is 213 Å². The first-order valence-electron chi connectivity index (χ1n) is 23.3. The highest BCUT2D eigenvalue weighted by Gasteiger charge is 2.44. The molecule has 4 N–H and O–H groups in total. The highest BCUT2D eigenvalue weighted by molar-refractivity contribution is 5.70. The van der Waals surface area contributed by atoms with Gasteiger partial charge in [0.15, 0.2) is 12.4 Å². The average Bonchev–Trinajstić information content (AvgIpc) is 3.19. The highest BCUT2D eigenvalue weighted by atomic mass is 16.7. The van der Waals surface area contributed by atoms with E-state index in [1.807, 2.05) is 0 Å². The third-order valence-electron chi connectivity index (χ3n) is 10.9. The number of rotatable bonds is 39. The highest BCUT2D eigenvalue weighted by Crippen LogP contribution is 2.23. The van der Waals surface area contributed by atoms with Crippen molar-refractivity contribution in [1.82, 2.24) is 0 Å². The van der Waals surface area contributed by atoms with Crippen LogP contribution in [-0.4, -0.2) is 89.0 Å². The van der Waals surface area contributed by atoms with Gasteiger partial charge in [0.1, 0.15) is 31.0 Å². The van der Waals surface area contributed by atoms with Crippen molar-refractivity contribution in [3.63, 3.8) is 0 Å². The fraction of sp³-hybridized carbons (Fsp3) is 0.913. The third kappa shape index (κ3) is 28.8. The Kier molecular flexibility index (Phi) is 35.3. The minimum absolute atomic E-state index is 0.213. The van der Waals surface area contributed by atoms with Gasteiger partial charge in [-0.15, -0.1) is 0 Å². The van der Waals surface area contributed by atoms with Gasteiger partial charge in [-0.2, -0.15) is 0 Å². The van der Waals surface area contributed by atoms with Gasteiger partial charge < -0.3 is 39.4 Å². The van der Waals surface area contributed by atoms with Crippen molar-refractivity contribution in [2.45, 2.75) is 250 Å². The Morgan fingerprint density at radius 1 is 0.536 bits per heavy atom. The Hall–Kier alpha value is -1.56. The van der Waals surface area contributed by atoms with Crippen LogP contribution in [0.3, 0.4) is 0 Å². The summed E-state index contributed by atoms with van der Waals surface area (Å²) >= 11 is 0. The van der Waals surface area contributed by atoms with Crippen LogP contribution in [0.15, 0.2) is 12.2 Å². The lowest BCUT2D eigenvalue weighted by Crippen LogP contribution is -2.59. The van der Waals surface area contributed by atoms with Crippen LogP contribution < -0.4 is 0 Å². The summed E-state index contributed by atoms with van der Waals surface area (Å²) in [4.78, 5) is 25.3. The smallest absolute Gasteiger partial charge is 0.306 e. The average molecular weight is 799 g/mol. The molecule has 2 unspecified atom stereocenters. The number of aliphatic hydroxyl groups is 4. The van der Waals surface area contributed by atoms with Crippen molar-refractivity contribution < 1.29 is 49.0 Å². The summed E-state index contributed by atoms with van der Waals surface area (Å²) in [6.45, 7) is 3.43. The van der Waals surface area contributed by atoms with Crippen LogP contribution in [0, 0.1) is 0 Å². The monoisotopic (exact) mass is 799 g/mol. The molecule has 1 fully saturated rings. The number of aliphatic hydroxyl groups excluding tert-OH is 4. The van der Waals surface area contributed by atoms with Crippen LogP contribution in [-0.2, 0) is 28.5 Å². The second kappa shape index (κ2) is 37.7. The molecule has 330 valence electrons. The molecule has 0 aromatic rings. The summed E-state index contributed by atoms with van der Waals surface area (Å²) in [5.74, 6) is -0.799. The summed E-state index contributed by atoms with van der Waals surface area (Å²) in [5.41, 5.74) is 0. The minimum atomic E-state index is -1.59. The van der Waals surface area contributed by atoms with Crippen LogP contribution in [0.2, 0.25) is 0 Å². The molecule has 10 nitrogen and oxygen atoms in total. The SMILES string of the molecule is CCCCCCCC/C=C/CCCCCCCCCCCC(=O)O[C@H](COC(=O)CCCCCCCCCCCCCC)CO[C@@H]1O[C@H](CO)[C@H](O)C(O)C1O. The molecule has 0 bridgehead atoms. The molecule has 0 spiro atoms. The van der Waals surface area contributed by atoms with Gasteiger partial charge in [0.25, 0.3) is 0 Å². The summed E-state index contributed by atoms with van der Waals surface area (Å²) in [5, 5.41) is 40.1. The van der Waals surface area contributed by atoms with E-state index in [1.165, 1.54) is 141 Å². The van der Waals surface area contributed by atoms with Crippen LogP contribution in [0.25, 0.3) is 0 Å². The first-order chi connectivity index (χ1) is 27.3.